The van der Waals surface area contributed by atoms with Crippen molar-refractivity contribution in [2.45, 2.75) is 43.4 Å². The number of alkyl halides is 7. The number of hydrogen-bond donors (Lipinski definition) is 0. The van der Waals surface area contributed by atoms with Crippen molar-refractivity contribution in [2.75, 3.05) is 13.2 Å². The molecule has 0 rings (SSSR count). The second-order valence-electron chi connectivity index (χ2n) is 6.17. The normalized spacial score (nSPS) is 15.4. The fourth-order valence-corrected chi connectivity index (χ4v) is 2.03. The van der Waals surface area contributed by atoms with Gasteiger partial charge in [-0.2, -0.15) is 35.1 Å². The predicted octanol–water partition coefficient (Wildman–Crippen LogP) is 2.65. The summed E-state index contributed by atoms with van der Waals surface area (Å²) in [5.74, 6) is -18.6. The monoisotopic (exact) mass is 495 g/mol. The molecule has 0 aliphatic carbocycles. The number of carbonyl (C=O) groups excluding carboxylic acids is 2. The van der Waals surface area contributed by atoms with E-state index in [1.54, 1.807) is 0 Å². The van der Waals surface area contributed by atoms with E-state index in [0.717, 1.165) is 0 Å². The molecule has 0 heterocycles. The summed E-state index contributed by atoms with van der Waals surface area (Å²) in [7, 11) is -6.97. The number of carbonyl (C=O) groups is 2. The predicted molar refractivity (Wildman–Crippen MR) is 81.1 cm³/mol. The molecule has 0 radical (unpaired) electrons. The molecule has 31 heavy (non-hydrogen) atoms. The number of esters is 2. The van der Waals surface area contributed by atoms with Crippen LogP contribution < -0.4 is 0 Å². The first-order valence-electron chi connectivity index (χ1n) is 7.79. The summed E-state index contributed by atoms with van der Waals surface area (Å²) in [6, 6.07) is 0. The number of hydrogen-bond acceptors (Lipinski definition) is 8. The van der Waals surface area contributed by atoms with E-state index in [0.29, 0.717) is 0 Å². The average molecular weight is 495 g/mol. The molecule has 0 bridgehead atoms. The number of halogens is 8. The van der Waals surface area contributed by atoms with Gasteiger partial charge in [-0.25, -0.2) is 18.0 Å². The van der Waals surface area contributed by atoms with Crippen LogP contribution in [0.2, 0.25) is 0 Å². The first-order valence-corrected chi connectivity index (χ1v) is 9.20. The van der Waals surface area contributed by atoms with Gasteiger partial charge in [0.1, 0.15) is 0 Å². The van der Waals surface area contributed by atoms with Gasteiger partial charge in [-0.05, 0) is 5.92 Å². The largest absolute Gasteiger partial charge is 0.743 e. The van der Waals surface area contributed by atoms with E-state index in [1.165, 1.54) is 13.8 Å². The Balaban J connectivity index is 6.02. The van der Waals surface area contributed by atoms with Gasteiger partial charge in [-0.15, -0.1) is 0 Å². The van der Waals surface area contributed by atoms with Gasteiger partial charge in [-0.3, -0.25) is 0 Å². The van der Waals surface area contributed by atoms with E-state index in [9.17, 15) is 57.7 Å². The van der Waals surface area contributed by atoms with Crippen LogP contribution in [0.1, 0.15) is 20.3 Å². The van der Waals surface area contributed by atoms with Crippen molar-refractivity contribution in [3.63, 3.8) is 0 Å². The van der Waals surface area contributed by atoms with Gasteiger partial charge in [0.25, 0.3) is 0 Å². The Morgan fingerprint density at radius 2 is 1.55 bits per heavy atom. The van der Waals surface area contributed by atoms with E-state index in [1.807, 2.05) is 0 Å². The smallest absolute Gasteiger partial charge is 0.468 e. The van der Waals surface area contributed by atoms with Crippen LogP contribution in [-0.2, 0) is 33.9 Å². The third kappa shape index (κ3) is 6.73. The van der Waals surface area contributed by atoms with E-state index in [-0.39, 0.29) is 0 Å². The van der Waals surface area contributed by atoms with Crippen molar-refractivity contribution in [3.8, 4) is 0 Å². The molecule has 0 aliphatic rings. The zero-order chi connectivity index (χ0) is 25.1. The average Bonchev–Trinajstić information content (AvgIpc) is 2.55. The Labute approximate surface area is 169 Å². The summed E-state index contributed by atoms with van der Waals surface area (Å²) in [5.41, 5.74) is 0. The second kappa shape index (κ2) is 9.64. The Bertz CT molecular complexity index is 793. The number of ether oxygens (including phenoxy) is 3. The molecule has 0 amide bonds. The van der Waals surface area contributed by atoms with Gasteiger partial charge in [0, 0.05) is 6.42 Å². The molecule has 0 saturated heterocycles. The molecule has 0 aromatic rings. The van der Waals surface area contributed by atoms with Gasteiger partial charge in [0.2, 0.25) is 5.83 Å². The fourth-order valence-electron chi connectivity index (χ4n) is 1.56. The van der Waals surface area contributed by atoms with Crippen molar-refractivity contribution in [2.24, 2.45) is 5.92 Å². The van der Waals surface area contributed by atoms with Crippen LogP contribution in [0.3, 0.4) is 0 Å². The molecule has 0 saturated carbocycles. The molecule has 1 unspecified atom stereocenters. The molecule has 182 valence electrons. The lowest BCUT2D eigenvalue weighted by Crippen LogP contribution is -2.59. The zero-order valence-corrected chi connectivity index (χ0v) is 16.4. The minimum atomic E-state index is -6.97. The summed E-state index contributed by atoms with van der Waals surface area (Å²) in [4.78, 5) is 23.1. The van der Waals surface area contributed by atoms with Crippen LogP contribution in [0.15, 0.2) is 12.4 Å². The lowest BCUT2D eigenvalue weighted by atomic mass is 10.2. The quantitative estimate of drug-likeness (QED) is 0.141. The van der Waals surface area contributed by atoms with Crippen molar-refractivity contribution < 1.29 is 71.9 Å². The lowest BCUT2D eigenvalue weighted by molar-refractivity contribution is -0.357. The minimum Gasteiger partial charge on any atom is -0.743 e. The standard InChI is InChI=1S/C14H16F8O8S/c1-7(2)6-28-10(24)12(13(18,19)20,30-9(23)8(3)15)29-5-4-11(16,17)14(21,22)31(25,26)27/h7H,3-6H2,1-2H3,(H,25,26,27)/p-1. The molecule has 0 fully saturated rings. The summed E-state index contributed by atoms with van der Waals surface area (Å²) < 4.78 is 149. The van der Waals surface area contributed by atoms with E-state index >= 15 is 0 Å². The Kier molecular flexibility index (Phi) is 9.02. The van der Waals surface area contributed by atoms with Crippen molar-refractivity contribution in [1.82, 2.24) is 0 Å². The first kappa shape index (κ1) is 29.0. The minimum absolute atomic E-state index is 0.619. The second-order valence-corrected chi connectivity index (χ2v) is 7.60. The van der Waals surface area contributed by atoms with Gasteiger partial charge in [0.15, 0.2) is 10.1 Å². The van der Waals surface area contributed by atoms with Crippen LogP contribution in [0, 0.1) is 5.92 Å². The Morgan fingerprint density at radius 1 is 1.06 bits per heavy atom. The third-order valence-corrected chi connectivity index (χ3v) is 4.04. The van der Waals surface area contributed by atoms with Gasteiger partial charge in [0.05, 0.1) is 13.2 Å². The highest BCUT2D eigenvalue weighted by molar-refractivity contribution is 7.86. The van der Waals surface area contributed by atoms with Crippen LogP contribution in [0.25, 0.3) is 0 Å². The van der Waals surface area contributed by atoms with Crippen LogP contribution in [0.4, 0.5) is 35.1 Å². The molecule has 0 aromatic heterocycles. The maximum Gasteiger partial charge on any atom is 0.468 e. The van der Waals surface area contributed by atoms with Crippen LogP contribution in [0.5, 0.6) is 0 Å². The van der Waals surface area contributed by atoms with E-state index in [4.69, 9.17) is 0 Å². The van der Waals surface area contributed by atoms with Gasteiger partial charge in [-0.1, -0.05) is 20.4 Å². The summed E-state index contributed by atoms with van der Waals surface area (Å²) in [6.45, 7) is 1.97. The van der Waals surface area contributed by atoms with E-state index < -0.39 is 76.6 Å². The third-order valence-electron chi connectivity index (χ3n) is 3.11. The zero-order valence-electron chi connectivity index (χ0n) is 15.6. The molecule has 0 aromatic carbocycles. The van der Waals surface area contributed by atoms with Crippen molar-refractivity contribution in [3.05, 3.63) is 12.4 Å². The van der Waals surface area contributed by atoms with Crippen LogP contribution >= 0.6 is 0 Å². The summed E-state index contributed by atoms with van der Waals surface area (Å²) in [5, 5.41) is -6.27. The molecule has 0 spiro atoms. The summed E-state index contributed by atoms with van der Waals surface area (Å²) in [6.07, 6.45) is -8.71. The lowest BCUT2D eigenvalue weighted by Gasteiger charge is -2.33. The van der Waals surface area contributed by atoms with Gasteiger partial charge >= 0.3 is 35.1 Å². The fraction of sp³-hybridized carbons (Fsp3) is 0.714. The Hall–Kier alpha value is -2.01. The van der Waals surface area contributed by atoms with Crippen LogP contribution in [-0.4, -0.2) is 61.3 Å². The number of rotatable bonds is 11. The topological polar surface area (TPSA) is 119 Å². The Morgan fingerprint density at radius 3 is 1.90 bits per heavy atom. The van der Waals surface area contributed by atoms with Crippen molar-refractivity contribution in [1.29, 1.82) is 0 Å². The molecule has 0 aliphatic heterocycles. The molecular weight excluding hydrogens is 480 g/mol. The molecule has 8 nitrogen and oxygen atoms in total. The highest BCUT2D eigenvalue weighted by Gasteiger charge is 2.69. The maximum absolute atomic E-state index is 13.5. The molecule has 1 atom stereocenters. The molecule has 0 N–H and O–H groups in total. The first-order chi connectivity index (χ1) is 13.6. The highest BCUT2D eigenvalue weighted by atomic mass is 32.2. The van der Waals surface area contributed by atoms with Crippen molar-refractivity contribution >= 4 is 22.1 Å². The highest BCUT2D eigenvalue weighted by Crippen LogP contribution is 2.42. The summed E-state index contributed by atoms with van der Waals surface area (Å²) >= 11 is 0. The van der Waals surface area contributed by atoms with E-state index in [2.05, 4.69) is 20.8 Å². The maximum atomic E-state index is 13.5. The molecular formula is C14H15F8O8S-. The van der Waals surface area contributed by atoms with Gasteiger partial charge < -0.3 is 18.8 Å². The SMILES string of the molecule is C=C(F)C(=O)OC(OCCC(F)(F)C(F)(F)S(=O)(=O)[O-])(C(=O)OCC(C)C)C(F)(F)F. The molecule has 17 heteroatoms.